The van der Waals surface area contributed by atoms with E-state index >= 15 is 0 Å². The summed E-state index contributed by atoms with van der Waals surface area (Å²) in [5.41, 5.74) is 0. The van der Waals surface area contributed by atoms with Crippen molar-refractivity contribution in [3.8, 4) is 0 Å². The lowest BCUT2D eigenvalue weighted by Crippen LogP contribution is -2.07. The highest BCUT2D eigenvalue weighted by Crippen LogP contribution is 2.09. The van der Waals surface area contributed by atoms with Gasteiger partial charge >= 0.3 is 0 Å². The molecule has 0 amide bonds. The number of rotatable bonds is 4. The van der Waals surface area contributed by atoms with Gasteiger partial charge in [0, 0.05) is 0 Å². The van der Waals surface area contributed by atoms with Crippen LogP contribution in [0, 0.1) is 5.92 Å². The molecule has 0 radical (unpaired) electrons. The maximum atomic E-state index is 9.26. The Morgan fingerprint density at radius 1 is 1.50 bits per heavy atom. The van der Waals surface area contributed by atoms with Gasteiger partial charge in [-0.05, 0) is 19.3 Å². The van der Waals surface area contributed by atoms with Crippen molar-refractivity contribution >= 4 is 0 Å². The molecule has 1 heteroatoms. The molecule has 2 unspecified atom stereocenters. The third-order valence-electron chi connectivity index (χ3n) is 1.76. The van der Waals surface area contributed by atoms with E-state index in [0.717, 1.165) is 12.8 Å². The number of hydrogen-bond acceptors (Lipinski definition) is 1. The van der Waals surface area contributed by atoms with Crippen LogP contribution >= 0.6 is 0 Å². The van der Waals surface area contributed by atoms with Crippen molar-refractivity contribution in [1.29, 1.82) is 0 Å². The van der Waals surface area contributed by atoms with Crippen LogP contribution in [0.25, 0.3) is 0 Å². The van der Waals surface area contributed by atoms with Crippen LogP contribution in [0.15, 0.2) is 12.2 Å². The number of aliphatic hydroxyl groups is 1. The van der Waals surface area contributed by atoms with Gasteiger partial charge in [-0.2, -0.15) is 0 Å². The summed E-state index contributed by atoms with van der Waals surface area (Å²) in [7, 11) is 0. The molecule has 0 aromatic carbocycles. The van der Waals surface area contributed by atoms with Crippen molar-refractivity contribution in [2.45, 2.75) is 39.7 Å². The van der Waals surface area contributed by atoms with E-state index in [-0.39, 0.29) is 6.10 Å². The highest BCUT2D eigenvalue weighted by molar-refractivity contribution is 4.85. The zero-order valence-corrected chi connectivity index (χ0v) is 7.17. The summed E-state index contributed by atoms with van der Waals surface area (Å²) < 4.78 is 0. The molecule has 0 bridgehead atoms. The first-order chi connectivity index (χ1) is 4.70. The molecule has 0 fully saturated rings. The fourth-order valence-corrected chi connectivity index (χ4v) is 0.880. The second-order valence-electron chi connectivity index (χ2n) is 2.84. The van der Waals surface area contributed by atoms with Gasteiger partial charge in [0.25, 0.3) is 0 Å². The molecule has 0 rings (SSSR count). The summed E-state index contributed by atoms with van der Waals surface area (Å²) in [5.74, 6) is 0.631. The van der Waals surface area contributed by atoms with Crippen LogP contribution in [0.2, 0.25) is 0 Å². The maximum Gasteiger partial charge on any atom is 0.0723 e. The predicted molar refractivity (Wildman–Crippen MR) is 44.9 cm³/mol. The van der Waals surface area contributed by atoms with E-state index in [1.807, 2.05) is 19.1 Å². The van der Waals surface area contributed by atoms with Crippen LogP contribution in [-0.4, -0.2) is 11.2 Å². The second kappa shape index (κ2) is 5.48. The molecule has 60 valence electrons. The topological polar surface area (TPSA) is 20.2 Å². The number of allylic oxidation sites excluding steroid dienone is 1. The minimum Gasteiger partial charge on any atom is -0.389 e. The largest absolute Gasteiger partial charge is 0.389 e. The van der Waals surface area contributed by atoms with Crippen molar-refractivity contribution in [2.75, 3.05) is 0 Å². The van der Waals surface area contributed by atoms with Gasteiger partial charge in [-0.1, -0.05) is 32.4 Å². The van der Waals surface area contributed by atoms with Gasteiger partial charge < -0.3 is 5.11 Å². The van der Waals surface area contributed by atoms with E-state index in [4.69, 9.17) is 0 Å². The van der Waals surface area contributed by atoms with Crippen LogP contribution in [-0.2, 0) is 0 Å². The van der Waals surface area contributed by atoms with Gasteiger partial charge in [-0.15, -0.1) is 0 Å². The molecule has 10 heavy (non-hydrogen) atoms. The molecule has 0 aliphatic carbocycles. The van der Waals surface area contributed by atoms with E-state index in [2.05, 4.69) is 13.8 Å². The fourth-order valence-electron chi connectivity index (χ4n) is 0.880. The summed E-state index contributed by atoms with van der Waals surface area (Å²) in [4.78, 5) is 0. The van der Waals surface area contributed by atoms with Crippen molar-refractivity contribution < 1.29 is 5.11 Å². The summed E-state index contributed by atoms with van der Waals surface area (Å²) in [6.07, 6.45) is 5.54. The molecule has 0 saturated carbocycles. The zero-order valence-electron chi connectivity index (χ0n) is 7.17. The normalized spacial score (nSPS) is 17.6. The van der Waals surface area contributed by atoms with Crippen molar-refractivity contribution in [3.05, 3.63) is 12.2 Å². The second-order valence-corrected chi connectivity index (χ2v) is 2.84. The summed E-state index contributed by atoms with van der Waals surface area (Å²) >= 11 is 0. The Balaban J connectivity index is 3.46. The quantitative estimate of drug-likeness (QED) is 0.597. The third-order valence-corrected chi connectivity index (χ3v) is 1.76. The van der Waals surface area contributed by atoms with Crippen LogP contribution in [0.4, 0.5) is 0 Å². The summed E-state index contributed by atoms with van der Waals surface area (Å²) in [6.45, 7) is 6.24. The summed E-state index contributed by atoms with van der Waals surface area (Å²) in [6, 6.07) is 0. The first kappa shape index (κ1) is 9.70. The number of aliphatic hydroxyl groups excluding tert-OH is 1. The van der Waals surface area contributed by atoms with Gasteiger partial charge in [0.15, 0.2) is 0 Å². The highest BCUT2D eigenvalue weighted by Gasteiger charge is 2.03. The Morgan fingerprint density at radius 2 is 2.10 bits per heavy atom. The van der Waals surface area contributed by atoms with Gasteiger partial charge in [-0.25, -0.2) is 0 Å². The van der Waals surface area contributed by atoms with Gasteiger partial charge in [-0.3, -0.25) is 0 Å². The monoisotopic (exact) mass is 142 g/mol. The molecule has 1 N–H and O–H groups in total. The van der Waals surface area contributed by atoms with E-state index in [0.29, 0.717) is 5.92 Å². The number of hydrogen-bond donors (Lipinski definition) is 1. The lowest BCUT2D eigenvalue weighted by molar-refractivity contribution is 0.189. The smallest absolute Gasteiger partial charge is 0.0723 e. The third kappa shape index (κ3) is 4.57. The predicted octanol–water partition coefficient (Wildman–Crippen LogP) is 2.36. The average Bonchev–Trinajstić information content (AvgIpc) is 1.88. The molecular weight excluding hydrogens is 124 g/mol. The molecule has 0 heterocycles. The minimum absolute atomic E-state index is 0.236. The maximum absolute atomic E-state index is 9.26. The molecule has 0 aromatic rings. The molecule has 1 nitrogen and oxygen atoms in total. The zero-order chi connectivity index (χ0) is 7.98. The molecule has 0 spiro atoms. The van der Waals surface area contributed by atoms with Gasteiger partial charge in [0.05, 0.1) is 6.10 Å². The molecule has 2 atom stereocenters. The van der Waals surface area contributed by atoms with E-state index in [9.17, 15) is 5.11 Å². The minimum atomic E-state index is -0.236. The standard InChI is InChI=1S/C9H18O/c1-4-6-9(10)7-8(3)5-2/h4,6,8-10H,5,7H2,1-3H3. The van der Waals surface area contributed by atoms with Crippen LogP contribution in [0.3, 0.4) is 0 Å². The molecule has 0 aliphatic heterocycles. The molecular formula is C9H18O. The van der Waals surface area contributed by atoms with Crippen LogP contribution in [0.1, 0.15) is 33.6 Å². The molecule has 0 aromatic heterocycles. The van der Waals surface area contributed by atoms with Crippen molar-refractivity contribution in [2.24, 2.45) is 5.92 Å². The lowest BCUT2D eigenvalue weighted by atomic mass is 10.0. The van der Waals surface area contributed by atoms with E-state index < -0.39 is 0 Å². The van der Waals surface area contributed by atoms with Crippen LogP contribution < -0.4 is 0 Å². The molecule has 0 saturated heterocycles. The molecule has 0 aliphatic rings. The first-order valence-corrected chi connectivity index (χ1v) is 4.01. The Bertz CT molecular complexity index is 96.9. The fraction of sp³-hybridized carbons (Fsp3) is 0.778. The highest BCUT2D eigenvalue weighted by atomic mass is 16.3. The average molecular weight is 142 g/mol. The summed E-state index contributed by atoms with van der Waals surface area (Å²) in [5, 5.41) is 9.26. The Labute approximate surface area is 63.8 Å². The lowest BCUT2D eigenvalue weighted by Gasteiger charge is -2.10. The van der Waals surface area contributed by atoms with Crippen LogP contribution in [0.5, 0.6) is 0 Å². The van der Waals surface area contributed by atoms with Gasteiger partial charge in [0.1, 0.15) is 0 Å². The SMILES string of the molecule is CC=CC(O)CC(C)CC. The van der Waals surface area contributed by atoms with E-state index in [1.165, 1.54) is 0 Å². The van der Waals surface area contributed by atoms with Crippen molar-refractivity contribution in [1.82, 2.24) is 0 Å². The van der Waals surface area contributed by atoms with E-state index in [1.54, 1.807) is 0 Å². The Kier molecular flexibility index (Phi) is 5.32. The first-order valence-electron chi connectivity index (χ1n) is 4.01. The Hall–Kier alpha value is -0.300. The Morgan fingerprint density at radius 3 is 2.50 bits per heavy atom. The van der Waals surface area contributed by atoms with Crippen molar-refractivity contribution in [3.63, 3.8) is 0 Å². The van der Waals surface area contributed by atoms with Gasteiger partial charge in [0.2, 0.25) is 0 Å².